The third-order valence-electron chi connectivity index (χ3n) is 24.2. The van der Waals surface area contributed by atoms with E-state index in [2.05, 4.69) is 112 Å². The van der Waals surface area contributed by atoms with Crippen molar-refractivity contribution < 1.29 is 58.1 Å². The van der Waals surface area contributed by atoms with Gasteiger partial charge in [-0.05, 0) is 172 Å². The van der Waals surface area contributed by atoms with Crippen LogP contribution in [0.1, 0.15) is 180 Å². The quantitative estimate of drug-likeness (QED) is 0.0220. The van der Waals surface area contributed by atoms with Crippen LogP contribution in [-0.4, -0.2) is 182 Å². The summed E-state index contributed by atoms with van der Waals surface area (Å²) < 4.78 is 30.2. The number of hydrogen-bond acceptors (Lipinski definition) is 20. The number of carbonyl (C=O) groups is 4. The first-order valence-electron chi connectivity index (χ1n) is 46.8. The van der Waals surface area contributed by atoms with Gasteiger partial charge in [0.25, 0.3) is 34.7 Å². The molecule has 13 aromatic rings. The molecular weight excluding hydrogens is 2130 g/mol. The van der Waals surface area contributed by atoms with Crippen LogP contribution in [0.4, 0.5) is 0 Å². The summed E-state index contributed by atoms with van der Waals surface area (Å²) in [4.78, 5) is 135. The van der Waals surface area contributed by atoms with Crippen molar-refractivity contribution in [1.82, 2.24) is 58.6 Å². The summed E-state index contributed by atoms with van der Waals surface area (Å²) in [5.74, 6) is -0.412. The molecule has 0 spiro atoms. The smallest absolute Gasteiger partial charge is 0.488 e. The Labute approximate surface area is 883 Å². The van der Waals surface area contributed by atoms with E-state index in [1.54, 1.807) is 31.4 Å². The highest BCUT2D eigenvalue weighted by atomic mass is 79.9. The van der Waals surface area contributed by atoms with Crippen molar-refractivity contribution in [1.29, 1.82) is 0 Å². The maximum Gasteiger partial charge on any atom is 0.488 e. The molecule has 9 aromatic carbocycles. The molecule has 15 rings (SSSR count). The maximum absolute atomic E-state index is 14.0. The maximum atomic E-state index is 14.0. The Bertz CT molecular complexity index is 6920. The van der Waals surface area contributed by atoms with Gasteiger partial charge in [0, 0.05) is 103 Å². The Morgan fingerprint density at radius 3 is 1.26 bits per heavy atom. The molecule has 0 atom stereocenters. The number of aromatic hydroxyl groups is 1. The third kappa shape index (κ3) is 29.8. The summed E-state index contributed by atoms with van der Waals surface area (Å²) in [6, 6.07) is 68.8. The minimum atomic E-state index is -1.99. The highest BCUT2D eigenvalue weighted by Gasteiger charge is 2.39. The fourth-order valence-corrected chi connectivity index (χ4v) is 18.3. The minimum absolute atomic E-state index is 0.00182. The molecule has 144 heavy (non-hydrogen) atoms. The Morgan fingerprint density at radius 2 is 0.847 bits per heavy atom. The number of carbonyl (C=O) groups excluding carboxylic acids is 4. The van der Waals surface area contributed by atoms with Gasteiger partial charge in [0.15, 0.2) is 31.1 Å². The molecule has 0 radical (unpaired) electrons. The molecular formula is C107H116BBr3Cl4N12O16Si. The van der Waals surface area contributed by atoms with Crippen molar-refractivity contribution in [3.8, 4) is 34.1 Å². The Hall–Kier alpha value is -11.7. The molecule has 6 heterocycles. The van der Waals surface area contributed by atoms with E-state index in [4.69, 9.17) is 75.1 Å². The predicted molar refractivity (Wildman–Crippen MR) is 577 cm³/mol. The number of amides is 4. The van der Waals surface area contributed by atoms with E-state index < -0.39 is 49.3 Å². The first-order valence-corrected chi connectivity index (χ1v) is 53.6. The van der Waals surface area contributed by atoms with E-state index >= 15 is 0 Å². The second-order valence-electron chi connectivity index (χ2n) is 36.6. The molecule has 2 aliphatic rings. The van der Waals surface area contributed by atoms with Crippen LogP contribution in [0.2, 0.25) is 38.2 Å². The molecule has 0 unspecified atom stereocenters. The average molecular weight is 2250 g/mol. The lowest BCUT2D eigenvalue weighted by Gasteiger charge is -2.37. The molecule has 756 valence electrons. The second-order valence-corrected chi connectivity index (χ2v) is 45.6. The van der Waals surface area contributed by atoms with Gasteiger partial charge in [0.05, 0.1) is 33.3 Å². The van der Waals surface area contributed by atoms with E-state index in [9.17, 15) is 48.6 Å². The number of nitrogens with zero attached hydrogens (tertiary/aromatic N) is 10. The normalized spacial score (nSPS) is 12.2. The Morgan fingerprint density at radius 1 is 0.465 bits per heavy atom. The number of halogens is 7. The van der Waals surface area contributed by atoms with Gasteiger partial charge in [-0.1, -0.05) is 297 Å². The first kappa shape index (κ1) is 113. The standard InChI is InChI=1S/C30H40BrN3O4Si.C24H26BrN3O4.C24H24BrN3O3.C23H21Cl2N3O3.C6H5BCl2O2/c1-21(2)34(17-18-38-39(6,7)30(3,4)5)29(36)26-27(37-20-22-13-9-8-10-14-22)28(35)33-25(32-26)19-23-15-11-12-16-24(23)31;1-16(2)28(12-13-29)24(31)21-22(32-15-17-8-4-3-5-9-17)23(30)27-20(26-21)14-18-10-6-7-11-19(18)25;1-16(2)27-12-13-28-20(14-18-10-6-7-11-19(18)25)26-23(29)22(21(28)24(27)30)31-15-17-8-4-3-5-9-17;1-13(2)27-9-10-28-19(26-22(30)21(29)20(28)23(27)31)12-14-5-3-4-6-16(14)15-7-8-17(24)18(25)11-15;8-5-2-1-4(7(10)11)3-6(5)9/h8-16,21H,17-20H2,1-7H3,(H,32,33,35);3-11,16,29H,12-15H2,1-2H3,(H,26,27,30);3-11,16H,12-15H2,1-2H3;3-8,11,13,29H,9-10,12H2,1-2H3;1-3,10-11H. The summed E-state index contributed by atoms with van der Waals surface area (Å²) in [5, 5.41) is 38.8. The lowest BCUT2D eigenvalue weighted by molar-refractivity contribution is 0.0627. The van der Waals surface area contributed by atoms with Gasteiger partial charge in [-0.15, -0.1) is 0 Å². The number of aliphatic hydroxyl groups is 1. The highest BCUT2D eigenvalue weighted by molar-refractivity contribution is 9.11. The van der Waals surface area contributed by atoms with Gasteiger partial charge < -0.3 is 77.6 Å². The van der Waals surface area contributed by atoms with Crippen molar-refractivity contribution in [2.75, 3.05) is 39.4 Å². The fourth-order valence-electron chi connectivity index (χ4n) is 15.4. The highest BCUT2D eigenvalue weighted by Crippen LogP contribution is 2.38. The Balaban J connectivity index is 0.000000177. The molecule has 0 aliphatic carbocycles. The molecule has 4 aromatic heterocycles. The number of ether oxygens (including phenoxy) is 3. The van der Waals surface area contributed by atoms with E-state index in [0.717, 1.165) is 63.5 Å². The number of aromatic amines is 2. The summed E-state index contributed by atoms with van der Waals surface area (Å²) in [7, 11) is -3.48. The van der Waals surface area contributed by atoms with Gasteiger partial charge >= 0.3 is 18.2 Å². The zero-order valence-corrected chi connectivity index (χ0v) is 90.9. The monoisotopic (exact) mass is 2240 g/mol. The van der Waals surface area contributed by atoms with E-state index in [1.165, 1.54) is 23.1 Å². The number of fused-ring (bicyclic) bond motifs is 2. The molecule has 0 bridgehead atoms. The third-order valence-corrected chi connectivity index (χ3v) is 32.5. The lowest BCUT2D eigenvalue weighted by Crippen LogP contribution is -2.46. The van der Waals surface area contributed by atoms with E-state index in [-0.39, 0.29) is 120 Å². The van der Waals surface area contributed by atoms with Crippen LogP contribution in [0.25, 0.3) is 11.1 Å². The van der Waals surface area contributed by atoms with Crippen LogP contribution >= 0.6 is 94.2 Å². The Kier molecular flexibility index (Phi) is 41.0. The summed E-state index contributed by atoms with van der Waals surface area (Å²) in [5.41, 5.74) is 6.51. The number of nitrogens with one attached hydrogen (secondary N) is 2. The number of H-pyrrole nitrogens is 2. The van der Waals surface area contributed by atoms with Crippen LogP contribution < -0.4 is 41.9 Å². The molecule has 6 N–H and O–H groups in total. The van der Waals surface area contributed by atoms with Crippen molar-refractivity contribution >= 4 is 139 Å². The molecule has 4 amide bonds. The van der Waals surface area contributed by atoms with Crippen molar-refractivity contribution in [2.45, 2.75) is 177 Å². The van der Waals surface area contributed by atoms with Crippen LogP contribution in [0.5, 0.6) is 23.0 Å². The largest absolute Gasteiger partial charge is 0.501 e. The number of benzene rings is 9. The number of rotatable bonds is 31. The fraction of sp³-hybridized carbons (Fsp3) is 0.308. The van der Waals surface area contributed by atoms with Gasteiger partial charge in [0.1, 0.15) is 43.1 Å². The van der Waals surface area contributed by atoms with Crippen LogP contribution in [-0.2, 0) is 63.0 Å². The first-order chi connectivity index (χ1) is 68.5. The van der Waals surface area contributed by atoms with Gasteiger partial charge in [0.2, 0.25) is 23.0 Å². The minimum Gasteiger partial charge on any atom is -0.501 e. The molecule has 2 aliphatic heterocycles. The predicted octanol–water partition coefficient (Wildman–Crippen LogP) is 19.2. The molecule has 28 nitrogen and oxygen atoms in total. The van der Waals surface area contributed by atoms with Crippen LogP contribution in [0.3, 0.4) is 0 Å². The van der Waals surface area contributed by atoms with Gasteiger partial charge in [-0.25, -0.2) is 9.97 Å². The summed E-state index contributed by atoms with van der Waals surface area (Å²) >= 11 is 34.1. The topological polar surface area (TPSA) is 360 Å². The van der Waals surface area contributed by atoms with E-state index in [0.29, 0.717) is 114 Å². The molecule has 0 saturated heterocycles. The van der Waals surface area contributed by atoms with Crippen molar-refractivity contribution in [3.63, 3.8) is 0 Å². The zero-order valence-electron chi connectivity index (χ0n) is 82.2. The van der Waals surface area contributed by atoms with E-state index in [1.807, 2.05) is 254 Å². The van der Waals surface area contributed by atoms with Crippen molar-refractivity contribution in [2.24, 2.45) is 0 Å². The number of aliphatic hydroxyl groups excluding tert-OH is 1. The second kappa shape index (κ2) is 52.4. The summed E-state index contributed by atoms with van der Waals surface area (Å²) in [6.45, 7) is 29.5. The van der Waals surface area contributed by atoms with Gasteiger partial charge in [-0.3, -0.25) is 38.4 Å². The van der Waals surface area contributed by atoms with Crippen molar-refractivity contribution in [3.05, 3.63) is 384 Å². The molecule has 0 saturated carbocycles. The average Bonchev–Trinajstić information content (AvgIpc) is 0.752. The molecule has 37 heteroatoms. The number of aromatic nitrogens is 8. The van der Waals surface area contributed by atoms with Gasteiger partial charge in [-0.2, -0.15) is 9.97 Å². The number of hydrogen-bond donors (Lipinski definition) is 6. The zero-order chi connectivity index (χ0) is 105. The van der Waals surface area contributed by atoms with Crippen LogP contribution in [0, 0.1) is 0 Å². The van der Waals surface area contributed by atoms with Crippen LogP contribution in [0.15, 0.2) is 257 Å². The lowest BCUT2D eigenvalue weighted by atomic mass is 9.80. The molecule has 0 fully saturated rings. The summed E-state index contributed by atoms with van der Waals surface area (Å²) in [6.07, 6.45) is 1.44. The SMILES string of the molecule is CC(C)N(CCO)C(=O)c1nc(Cc2ccccc2Br)[nH]c(=O)c1OCc1ccccc1.CC(C)N(CCO[Si](C)(C)C(C)(C)C)C(=O)c1nc(Cc2ccccc2Br)[nH]c(=O)c1OCc1ccccc1.CC(C)N1CCn2c(Cc3ccccc3-c3ccc(Cl)c(Cl)c3)nc(=O)c(O)c2C1=O.CC(C)N1CCn2c(Cc3ccccc3Br)nc(=O)c(OCc3ccccc3)c2C1=O.OB(O)c1ccc(Cl)c(Cl)c1.